The van der Waals surface area contributed by atoms with Crippen LogP contribution in [0.2, 0.25) is 5.02 Å². The molecular weight excluding hydrogens is 384 g/mol. The fourth-order valence-electron chi connectivity index (χ4n) is 5.91. The van der Waals surface area contributed by atoms with E-state index in [1.165, 1.54) is 55.3 Å². The van der Waals surface area contributed by atoms with Gasteiger partial charge in [-0.25, -0.2) is 0 Å². The van der Waals surface area contributed by atoms with E-state index in [9.17, 15) is 0 Å². The van der Waals surface area contributed by atoms with Crippen molar-refractivity contribution in [3.63, 3.8) is 0 Å². The van der Waals surface area contributed by atoms with E-state index in [2.05, 4.69) is 97.1 Å². The summed E-state index contributed by atoms with van der Waals surface area (Å²) in [6.07, 6.45) is 0. The molecule has 2 aliphatic rings. The molecule has 1 heteroatoms. The average Bonchev–Trinajstić information content (AvgIpc) is 3.27. The van der Waals surface area contributed by atoms with Crippen molar-refractivity contribution in [2.24, 2.45) is 0 Å². The molecule has 0 fully saturated rings. The summed E-state index contributed by atoms with van der Waals surface area (Å²) in [7, 11) is 0. The number of rotatable bonds is 0. The molecule has 0 saturated carbocycles. The van der Waals surface area contributed by atoms with Crippen LogP contribution in [0.3, 0.4) is 0 Å². The van der Waals surface area contributed by atoms with Crippen LogP contribution in [0.1, 0.15) is 22.3 Å². The van der Waals surface area contributed by atoms with E-state index in [1.807, 2.05) is 6.07 Å². The van der Waals surface area contributed by atoms with Crippen molar-refractivity contribution < 1.29 is 0 Å². The molecule has 0 amide bonds. The highest BCUT2D eigenvalue weighted by Crippen LogP contribution is 2.64. The van der Waals surface area contributed by atoms with Gasteiger partial charge in [0.2, 0.25) is 0 Å². The topological polar surface area (TPSA) is 0 Å². The monoisotopic (exact) mass is 400 g/mol. The van der Waals surface area contributed by atoms with Gasteiger partial charge in [-0.3, -0.25) is 0 Å². The standard InChI is InChI=1S/C29H17Cl/c30-26-15-7-14-24-28(26)21-11-4-6-13-23(21)29(24)22-12-5-3-10-20(22)27-19-9-2-1-8-18(19)16-17-25(27)29/h1-17H. The van der Waals surface area contributed by atoms with Crippen LogP contribution >= 0.6 is 11.6 Å². The van der Waals surface area contributed by atoms with Crippen molar-refractivity contribution in [1.82, 2.24) is 0 Å². The van der Waals surface area contributed by atoms with Crippen molar-refractivity contribution in [1.29, 1.82) is 0 Å². The lowest BCUT2D eigenvalue weighted by atomic mass is 9.70. The number of fused-ring (bicyclic) bond motifs is 12. The van der Waals surface area contributed by atoms with Gasteiger partial charge in [-0.05, 0) is 55.8 Å². The molecule has 2 aliphatic carbocycles. The molecule has 30 heavy (non-hydrogen) atoms. The second-order valence-corrected chi connectivity index (χ2v) is 8.62. The first-order chi connectivity index (χ1) is 14.8. The molecule has 0 aromatic heterocycles. The summed E-state index contributed by atoms with van der Waals surface area (Å²) in [4.78, 5) is 0. The zero-order valence-corrected chi connectivity index (χ0v) is 16.9. The molecule has 0 aliphatic heterocycles. The van der Waals surface area contributed by atoms with E-state index in [0.717, 1.165) is 5.02 Å². The first kappa shape index (κ1) is 16.4. The normalized spacial score (nSPS) is 17.6. The minimum atomic E-state index is -0.327. The molecule has 140 valence electrons. The van der Waals surface area contributed by atoms with Crippen molar-refractivity contribution in [3.05, 3.63) is 130 Å². The van der Waals surface area contributed by atoms with Gasteiger partial charge in [-0.1, -0.05) is 109 Å². The highest BCUT2D eigenvalue weighted by Gasteiger charge is 2.52. The Kier molecular flexibility index (Phi) is 3.08. The molecule has 0 bridgehead atoms. The first-order valence-corrected chi connectivity index (χ1v) is 10.7. The Hall–Kier alpha value is -3.35. The zero-order chi connectivity index (χ0) is 19.9. The zero-order valence-electron chi connectivity index (χ0n) is 16.2. The SMILES string of the molecule is Clc1cccc2c1-c1ccccc1C21c2ccccc2-c2c1ccc1ccccc21. The number of hydrogen-bond donors (Lipinski definition) is 0. The third kappa shape index (κ3) is 1.75. The molecule has 0 radical (unpaired) electrons. The molecule has 0 N–H and O–H groups in total. The Morgan fingerprint density at radius 1 is 0.467 bits per heavy atom. The maximum Gasteiger partial charge on any atom is 0.0726 e. The van der Waals surface area contributed by atoms with E-state index in [0.29, 0.717) is 0 Å². The van der Waals surface area contributed by atoms with Gasteiger partial charge in [-0.2, -0.15) is 0 Å². The Morgan fingerprint density at radius 2 is 1.07 bits per heavy atom. The van der Waals surface area contributed by atoms with Crippen LogP contribution in [0.4, 0.5) is 0 Å². The largest absolute Gasteiger partial charge is 0.0837 e. The van der Waals surface area contributed by atoms with Gasteiger partial charge in [0.05, 0.1) is 5.41 Å². The molecule has 0 heterocycles. The van der Waals surface area contributed by atoms with E-state index in [-0.39, 0.29) is 5.41 Å². The van der Waals surface area contributed by atoms with Gasteiger partial charge in [0.1, 0.15) is 0 Å². The lowest BCUT2D eigenvalue weighted by Crippen LogP contribution is -2.25. The maximum atomic E-state index is 6.81. The Bertz CT molecular complexity index is 1510. The summed E-state index contributed by atoms with van der Waals surface area (Å²) in [6, 6.07) is 37.4. The lowest BCUT2D eigenvalue weighted by molar-refractivity contribution is 0.794. The number of hydrogen-bond acceptors (Lipinski definition) is 0. The van der Waals surface area contributed by atoms with E-state index >= 15 is 0 Å². The van der Waals surface area contributed by atoms with Gasteiger partial charge >= 0.3 is 0 Å². The summed E-state index contributed by atoms with van der Waals surface area (Å²) in [5.74, 6) is 0. The molecule has 0 nitrogen and oxygen atoms in total. The molecule has 0 saturated heterocycles. The van der Waals surface area contributed by atoms with Crippen LogP contribution in [-0.4, -0.2) is 0 Å². The first-order valence-electron chi connectivity index (χ1n) is 10.3. The highest BCUT2D eigenvalue weighted by atomic mass is 35.5. The van der Waals surface area contributed by atoms with Crippen LogP contribution < -0.4 is 0 Å². The van der Waals surface area contributed by atoms with Gasteiger partial charge in [0.25, 0.3) is 0 Å². The van der Waals surface area contributed by atoms with Gasteiger partial charge in [0.15, 0.2) is 0 Å². The van der Waals surface area contributed by atoms with Crippen LogP contribution in [0.25, 0.3) is 33.0 Å². The van der Waals surface area contributed by atoms with Crippen molar-refractivity contribution in [2.75, 3.05) is 0 Å². The number of halogens is 1. The summed E-state index contributed by atoms with van der Waals surface area (Å²) in [5.41, 5.74) is 10.1. The molecule has 1 unspecified atom stereocenters. The van der Waals surface area contributed by atoms with E-state index < -0.39 is 0 Å². The molecule has 7 rings (SSSR count). The van der Waals surface area contributed by atoms with Gasteiger partial charge < -0.3 is 0 Å². The lowest BCUT2D eigenvalue weighted by Gasteiger charge is -2.30. The molecule has 5 aromatic carbocycles. The minimum absolute atomic E-state index is 0.327. The van der Waals surface area contributed by atoms with Crippen molar-refractivity contribution >= 4 is 22.4 Å². The molecule has 5 aromatic rings. The van der Waals surface area contributed by atoms with Crippen LogP contribution in [0.15, 0.2) is 103 Å². The summed E-state index contributed by atoms with van der Waals surface area (Å²) in [5, 5.41) is 3.41. The Morgan fingerprint density at radius 3 is 1.87 bits per heavy atom. The minimum Gasteiger partial charge on any atom is -0.0837 e. The predicted octanol–water partition coefficient (Wildman–Crippen LogP) is 7.84. The average molecular weight is 401 g/mol. The Balaban J connectivity index is 1.76. The van der Waals surface area contributed by atoms with Crippen LogP contribution in [0.5, 0.6) is 0 Å². The Labute approximate surface area is 180 Å². The predicted molar refractivity (Wildman–Crippen MR) is 125 cm³/mol. The second-order valence-electron chi connectivity index (χ2n) is 8.21. The van der Waals surface area contributed by atoms with Crippen LogP contribution in [-0.2, 0) is 5.41 Å². The van der Waals surface area contributed by atoms with E-state index in [1.54, 1.807) is 0 Å². The van der Waals surface area contributed by atoms with Gasteiger partial charge in [-0.15, -0.1) is 0 Å². The van der Waals surface area contributed by atoms with Gasteiger partial charge in [0, 0.05) is 10.6 Å². The van der Waals surface area contributed by atoms with E-state index in [4.69, 9.17) is 11.6 Å². The molecule has 1 atom stereocenters. The number of benzene rings is 5. The fourth-order valence-corrected chi connectivity index (χ4v) is 6.19. The second kappa shape index (κ2) is 5.62. The molecular formula is C29H17Cl. The smallest absolute Gasteiger partial charge is 0.0726 e. The van der Waals surface area contributed by atoms with Crippen molar-refractivity contribution in [3.8, 4) is 22.3 Å². The summed E-state index contributed by atoms with van der Waals surface area (Å²) in [6.45, 7) is 0. The maximum absolute atomic E-state index is 6.81. The van der Waals surface area contributed by atoms with Crippen LogP contribution in [0, 0.1) is 0 Å². The third-order valence-electron chi connectivity index (χ3n) is 6.95. The fraction of sp³-hybridized carbons (Fsp3) is 0.0345. The summed E-state index contributed by atoms with van der Waals surface area (Å²) >= 11 is 6.81. The third-order valence-corrected chi connectivity index (χ3v) is 7.27. The van der Waals surface area contributed by atoms with Crippen molar-refractivity contribution in [2.45, 2.75) is 5.41 Å². The highest BCUT2D eigenvalue weighted by molar-refractivity contribution is 6.34. The quantitative estimate of drug-likeness (QED) is 0.243. The summed E-state index contributed by atoms with van der Waals surface area (Å²) < 4.78 is 0. The molecule has 1 spiro atoms.